The molecule has 1 aliphatic heterocycles. The summed E-state index contributed by atoms with van der Waals surface area (Å²) in [7, 11) is 0. The lowest BCUT2D eigenvalue weighted by atomic mass is 10.1. The summed E-state index contributed by atoms with van der Waals surface area (Å²) in [4.78, 5) is 71.1. The van der Waals surface area contributed by atoms with Gasteiger partial charge in [0.15, 0.2) is 29.6 Å². The molecule has 1 saturated heterocycles. The Bertz CT molecular complexity index is 1400. The van der Waals surface area contributed by atoms with Crippen molar-refractivity contribution in [2.45, 2.75) is 45.3 Å². The number of nitrogens with zero attached hydrogens (tertiary/aromatic N) is 3. The first-order valence-electron chi connectivity index (χ1n) is 11.1. The third-order valence-corrected chi connectivity index (χ3v) is 5.31. The molecule has 1 aliphatic rings. The van der Waals surface area contributed by atoms with Gasteiger partial charge in [0.1, 0.15) is 12.7 Å². The fourth-order valence-electron chi connectivity index (χ4n) is 3.86. The molecule has 0 unspecified atom stereocenters. The Kier molecular flexibility index (Phi) is 7.29. The van der Waals surface area contributed by atoms with E-state index >= 15 is 0 Å². The van der Waals surface area contributed by atoms with Crippen molar-refractivity contribution in [2.24, 2.45) is 0 Å². The number of aromatic nitrogens is 4. The molecule has 4 rings (SSSR count). The Labute approximate surface area is 208 Å². The molecule has 4 atom stereocenters. The minimum absolute atomic E-state index is 0.0102. The molecule has 37 heavy (non-hydrogen) atoms. The highest BCUT2D eigenvalue weighted by Gasteiger charge is 2.51. The molecule has 1 amide bonds. The number of carbonyl (C=O) groups is 4. The maximum absolute atomic E-state index is 12.7. The van der Waals surface area contributed by atoms with Crippen LogP contribution < -0.4 is 10.9 Å². The maximum atomic E-state index is 12.7. The number of nitrogens with one attached hydrogen (secondary N) is 2. The maximum Gasteiger partial charge on any atom is 0.303 e. The molecule has 1 fully saturated rings. The number of fused-ring (bicyclic) bond motifs is 1. The van der Waals surface area contributed by atoms with E-state index in [2.05, 4.69) is 20.3 Å². The second-order valence-corrected chi connectivity index (χ2v) is 8.07. The van der Waals surface area contributed by atoms with Gasteiger partial charge in [-0.25, -0.2) is 4.98 Å². The van der Waals surface area contributed by atoms with Crippen molar-refractivity contribution in [1.82, 2.24) is 19.5 Å². The van der Waals surface area contributed by atoms with Crippen LogP contribution in [-0.4, -0.2) is 68.3 Å². The molecule has 14 nitrogen and oxygen atoms in total. The van der Waals surface area contributed by atoms with Crippen molar-refractivity contribution in [1.29, 1.82) is 0 Å². The first-order chi connectivity index (χ1) is 17.6. The Morgan fingerprint density at radius 1 is 1.03 bits per heavy atom. The minimum atomic E-state index is -1.21. The molecule has 2 aromatic heterocycles. The molecule has 194 valence electrons. The van der Waals surface area contributed by atoms with Crippen LogP contribution in [0.5, 0.6) is 0 Å². The van der Waals surface area contributed by atoms with Crippen LogP contribution in [0.3, 0.4) is 0 Å². The van der Waals surface area contributed by atoms with E-state index in [1.807, 2.05) is 0 Å². The molecule has 0 radical (unpaired) electrons. The Morgan fingerprint density at radius 3 is 2.35 bits per heavy atom. The van der Waals surface area contributed by atoms with Crippen LogP contribution in [0, 0.1) is 0 Å². The van der Waals surface area contributed by atoms with Crippen LogP contribution in [0.4, 0.5) is 5.95 Å². The van der Waals surface area contributed by atoms with Gasteiger partial charge in [0.05, 0.1) is 6.33 Å². The summed E-state index contributed by atoms with van der Waals surface area (Å²) >= 11 is 0. The number of benzene rings is 1. The van der Waals surface area contributed by atoms with Gasteiger partial charge in [0.2, 0.25) is 5.95 Å². The van der Waals surface area contributed by atoms with E-state index in [0.29, 0.717) is 5.56 Å². The number of anilines is 1. The zero-order valence-corrected chi connectivity index (χ0v) is 20.0. The topological polar surface area (TPSA) is 181 Å². The van der Waals surface area contributed by atoms with Gasteiger partial charge in [-0.05, 0) is 12.1 Å². The standard InChI is InChI=1S/C23H23N5O9/c1-11(29)34-9-15-17(35-12(2)30)18(36-13(3)31)22(37-15)28-10-24-16-19(28)25-23(27-21(16)33)26-20(32)14-7-5-4-6-8-14/h4-8,10,15,17-18,22H,9H2,1-3H3,(H2,25,26,27,32,33)/t15-,17-,18-,22-/m1/s1. The summed E-state index contributed by atoms with van der Waals surface area (Å²) in [5.41, 5.74) is -0.410. The molecule has 0 spiro atoms. The number of imidazole rings is 1. The number of ether oxygens (including phenoxy) is 4. The van der Waals surface area contributed by atoms with Crippen LogP contribution in [0.2, 0.25) is 0 Å². The summed E-state index contributed by atoms with van der Waals surface area (Å²) in [6.45, 7) is 3.21. The van der Waals surface area contributed by atoms with Gasteiger partial charge in [0.25, 0.3) is 11.5 Å². The van der Waals surface area contributed by atoms with Gasteiger partial charge in [-0.15, -0.1) is 0 Å². The predicted molar refractivity (Wildman–Crippen MR) is 124 cm³/mol. The minimum Gasteiger partial charge on any atom is -0.463 e. The molecule has 0 saturated carbocycles. The number of hydrogen-bond donors (Lipinski definition) is 2. The van der Waals surface area contributed by atoms with Crippen LogP contribution in [0.15, 0.2) is 41.5 Å². The molecule has 14 heteroatoms. The molecule has 3 aromatic rings. The molecular weight excluding hydrogens is 490 g/mol. The van der Waals surface area contributed by atoms with E-state index in [-0.39, 0.29) is 23.7 Å². The number of carbonyl (C=O) groups excluding carboxylic acids is 4. The van der Waals surface area contributed by atoms with E-state index in [9.17, 15) is 24.0 Å². The predicted octanol–water partition coefficient (Wildman–Crippen LogP) is 0.696. The average Bonchev–Trinajstić information content (AvgIpc) is 3.39. The Hall–Kier alpha value is -4.59. The quantitative estimate of drug-likeness (QED) is 0.335. The zero-order chi connectivity index (χ0) is 26.7. The van der Waals surface area contributed by atoms with Crippen molar-refractivity contribution in [3.05, 3.63) is 52.6 Å². The molecule has 2 N–H and O–H groups in total. The number of rotatable bonds is 7. The Morgan fingerprint density at radius 2 is 1.70 bits per heavy atom. The van der Waals surface area contributed by atoms with Crippen molar-refractivity contribution in [3.63, 3.8) is 0 Å². The van der Waals surface area contributed by atoms with Gasteiger partial charge < -0.3 is 18.9 Å². The van der Waals surface area contributed by atoms with Crippen molar-refractivity contribution in [3.8, 4) is 0 Å². The fraction of sp³-hybridized carbons (Fsp3) is 0.348. The number of H-pyrrole nitrogens is 1. The van der Waals surface area contributed by atoms with E-state index in [4.69, 9.17) is 18.9 Å². The van der Waals surface area contributed by atoms with Gasteiger partial charge >= 0.3 is 17.9 Å². The lowest BCUT2D eigenvalue weighted by Crippen LogP contribution is -2.40. The summed E-state index contributed by atoms with van der Waals surface area (Å²) in [5.74, 6) is -2.66. The summed E-state index contributed by atoms with van der Waals surface area (Å²) in [5, 5.41) is 2.52. The fourth-order valence-corrected chi connectivity index (χ4v) is 3.86. The lowest BCUT2D eigenvalue weighted by molar-refractivity contribution is -0.166. The molecule has 3 heterocycles. The summed E-state index contributed by atoms with van der Waals surface area (Å²) < 4.78 is 23.1. The molecule has 0 bridgehead atoms. The Balaban J connectivity index is 1.72. The molecule has 1 aromatic carbocycles. The number of amides is 1. The first kappa shape index (κ1) is 25.5. The van der Waals surface area contributed by atoms with E-state index < -0.39 is 53.9 Å². The monoisotopic (exact) mass is 513 g/mol. The van der Waals surface area contributed by atoms with Gasteiger partial charge in [-0.3, -0.25) is 38.8 Å². The third-order valence-electron chi connectivity index (χ3n) is 5.31. The SMILES string of the molecule is CC(=O)OC[C@H]1O[C@@H](n2cnc3c(=O)[nH]c(NC(=O)c4ccccc4)nc32)[C@H](OC(C)=O)[C@@H]1OC(C)=O. The van der Waals surface area contributed by atoms with Crippen molar-refractivity contribution in [2.75, 3.05) is 11.9 Å². The zero-order valence-electron chi connectivity index (χ0n) is 20.0. The number of esters is 3. The number of aromatic amines is 1. The summed E-state index contributed by atoms with van der Waals surface area (Å²) in [6, 6.07) is 8.29. The van der Waals surface area contributed by atoms with Gasteiger partial charge in [-0.2, -0.15) is 4.98 Å². The van der Waals surface area contributed by atoms with Crippen LogP contribution in [-0.2, 0) is 33.3 Å². The second kappa shape index (κ2) is 10.6. The van der Waals surface area contributed by atoms with Gasteiger partial charge in [0, 0.05) is 26.3 Å². The van der Waals surface area contributed by atoms with Crippen molar-refractivity contribution >= 4 is 40.9 Å². The van der Waals surface area contributed by atoms with E-state index in [1.165, 1.54) is 17.8 Å². The van der Waals surface area contributed by atoms with Crippen LogP contribution in [0.25, 0.3) is 11.2 Å². The highest BCUT2D eigenvalue weighted by atomic mass is 16.7. The van der Waals surface area contributed by atoms with Gasteiger partial charge in [-0.1, -0.05) is 18.2 Å². The number of hydrogen-bond acceptors (Lipinski definition) is 11. The summed E-state index contributed by atoms with van der Waals surface area (Å²) in [6.07, 6.45) is -3.31. The van der Waals surface area contributed by atoms with E-state index in [1.54, 1.807) is 30.3 Å². The molecule has 0 aliphatic carbocycles. The second-order valence-electron chi connectivity index (χ2n) is 8.07. The molecular formula is C23H23N5O9. The lowest BCUT2D eigenvalue weighted by Gasteiger charge is -2.23. The largest absolute Gasteiger partial charge is 0.463 e. The van der Waals surface area contributed by atoms with Crippen molar-refractivity contribution < 1.29 is 38.1 Å². The highest BCUT2D eigenvalue weighted by Crippen LogP contribution is 2.35. The van der Waals surface area contributed by atoms with Crippen LogP contribution in [0.1, 0.15) is 37.4 Å². The third kappa shape index (κ3) is 5.64. The normalized spacial score (nSPS) is 20.8. The highest BCUT2D eigenvalue weighted by molar-refractivity contribution is 6.03. The first-order valence-corrected chi connectivity index (χ1v) is 11.1. The van der Waals surface area contributed by atoms with E-state index in [0.717, 1.165) is 13.8 Å². The smallest absolute Gasteiger partial charge is 0.303 e. The van der Waals surface area contributed by atoms with Crippen LogP contribution >= 0.6 is 0 Å². The average molecular weight is 513 g/mol.